The Morgan fingerprint density at radius 2 is 1.88 bits per heavy atom. The summed E-state index contributed by atoms with van der Waals surface area (Å²) in [6, 6.07) is 5.23. The van der Waals surface area contributed by atoms with Crippen molar-refractivity contribution in [3.8, 4) is 16.9 Å². The van der Waals surface area contributed by atoms with E-state index in [2.05, 4.69) is 15.4 Å². The number of pyridine rings is 1. The predicted octanol–water partition coefficient (Wildman–Crippen LogP) is 3.49. The Balaban J connectivity index is 1.76. The van der Waals surface area contributed by atoms with Crippen LogP contribution in [-0.4, -0.2) is 57.8 Å². The van der Waals surface area contributed by atoms with E-state index in [4.69, 9.17) is 9.47 Å². The van der Waals surface area contributed by atoms with Crippen LogP contribution in [0.2, 0.25) is 0 Å². The average Bonchev–Trinajstić information content (AvgIpc) is 3.09. The van der Waals surface area contributed by atoms with E-state index in [0.29, 0.717) is 16.8 Å². The second-order valence-electron chi connectivity index (χ2n) is 8.01. The number of carbonyl (C=O) groups is 2. The number of rotatable bonds is 5. The lowest BCUT2D eigenvalue weighted by Gasteiger charge is -2.24. The van der Waals surface area contributed by atoms with E-state index in [1.807, 2.05) is 0 Å². The number of carbonyl (C=O) groups excluding carboxylic acids is 2. The highest BCUT2D eigenvalue weighted by molar-refractivity contribution is 5.92. The second kappa shape index (κ2) is 8.77. The summed E-state index contributed by atoms with van der Waals surface area (Å²) in [4.78, 5) is 29.6. The molecule has 170 valence electrons. The lowest BCUT2D eigenvalue weighted by Crippen LogP contribution is -2.38. The number of ether oxygens (including phenoxy) is 2. The molecule has 3 aromatic rings. The quantitative estimate of drug-likeness (QED) is 0.643. The number of fused-ring (bicyclic) bond motifs is 1. The van der Waals surface area contributed by atoms with Crippen molar-refractivity contribution in [2.75, 3.05) is 26.0 Å². The molecule has 0 fully saturated rings. The smallest absolute Gasteiger partial charge is 0.410 e. The Morgan fingerprint density at radius 1 is 1.19 bits per heavy atom. The van der Waals surface area contributed by atoms with Crippen LogP contribution in [0, 0.1) is 11.6 Å². The first-order valence-corrected chi connectivity index (χ1v) is 9.60. The molecule has 2 aromatic heterocycles. The molecule has 0 bridgehead atoms. The van der Waals surface area contributed by atoms with Crippen LogP contribution in [0.1, 0.15) is 20.8 Å². The number of hydrogen-bond donors (Lipinski definition) is 1. The zero-order chi connectivity index (χ0) is 23.6. The van der Waals surface area contributed by atoms with Crippen LogP contribution in [0.3, 0.4) is 0 Å². The summed E-state index contributed by atoms with van der Waals surface area (Å²) in [6.45, 7) is 4.92. The van der Waals surface area contributed by atoms with Gasteiger partial charge < -0.3 is 14.4 Å². The minimum absolute atomic E-state index is 0.0157. The zero-order valence-corrected chi connectivity index (χ0v) is 18.3. The molecule has 0 atom stereocenters. The van der Waals surface area contributed by atoms with Crippen LogP contribution in [0.15, 0.2) is 30.5 Å². The van der Waals surface area contributed by atoms with Crippen molar-refractivity contribution in [1.82, 2.24) is 19.5 Å². The van der Waals surface area contributed by atoms with Gasteiger partial charge in [-0.1, -0.05) is 0 Å². The Labute approximate surface area is 182 Å². The standard InChI is InChI=1S/C21H23F2N5O4/c1-21(2,3)32-20(30)27(4)11-18(29)25-19-24-17-7-6-12(10-28(17)26-19)13-8-14(22)15(23)9-16(13)31-5/h6-10H,11H2,1-5H3,(H,25,26,29). The maximum atomic E-state index is 13.7. The van der Waals surface area contributed by atoms with Gasteiger partial charge in [0.2, 0.25) is 11.9 Å². The minimum atomic E-state index is -1.02. The number of nitrogens with one attached hydrogen (secondary N) is 1. The molecule has 0 aliphatic heterocycles. The fourth-order valence-electron chi connectivity index (χ4n) is 2.80. The fourth-order valence-corrected chi connectivity index (χ4v) is 2.80. The number of likely N-dealkylation sites (N-methyl/N-ethyl adjacent to an activating group) is 1. The first-order valence-electron chi connectivity index (χ1n) is 9.60. The lowest BCUT2D eigenvalue weighted by molar-refractivity contribution is -0.117. The molecule has 11 heteroatoms. The number of amides is 2. The van der Waals surface area contributed by atoms with Gasteiger partial charge in [-0.15, -0.1) is 5.10 Å². The summed E-state index contributed by atoms with van der Waals surface area (Å²) >= 11 is 0. The molecule has 2 heterocycles. The van der Waals surface area contributed by atoms with Crippen molar-refractivity contribution in [2.24, 2.45) is 0 Å². The minimum Gasteiger partial charge on any atom is -0.496 e. The highest BCUT2D eigenvalue weighted by Crippen LogP contribution is 2.32. The maximum Gasteiger partial charge on any atom is 0.410 e. The van der Waals surface area contributed by atoms with E-state index in [1.165, 1.54) is 18.7 Å². The largest absolute Gasteiger partial charge is 0.496 e. The first-order chi connectivity index (χ1) is 15.0. The molecule has 32 heavy (non-hydrogen) atoms. The van der Waals surface area contributed by atoms with Gasteiger partial charge in [0.15, 0.2) is 17.3 Å². The number of halogens is 2. The Kier molecular flexibility index (Phi) is 6.28. The third-order valence-electron chi connectivity index (χ3n) is 4.22. The van der Waals surface area contributed by atoms with Gasteiger partial charge in [-0.3, -0.25) is 10.1 Å². The van der Waals surface area contributed by atoms with Gasteiger partial charge in [0, 0.05) is 30.4 Å². The van der Waals surface area contributed by atoms with Crippen LogP contribution in [0.25, 0.3) is 16.8 Å². The molecule has 3 rings (SSSR count). The number of benzene rings is 1. The van der Waals surface area contributed by atoms with Crippen LogP contribution in [0.5, 0.6) is 5.75 Å². The fraction of sp³-hybridized carbons (Fsp3) is 0.333. The van der Waals surface area contributed by atoms with Crippen molar-refractivity contribution in [3.63, 3.8) is 0 Å². The topological polar surface area (TPSA) is 98.1 Å². The molecule has 0 unspecified atom stereocenters. The molecule has 0 aliphatic rings. The molecule has 0 saturated carbocycles. The van der Waals surface area contributed by atoms with Gasteiger partial charge >= 0.3 is 6.09 Å². The Bertz CT molecular complexity index is 1170. The highest BCUT2D eigenvalue weighted by Gasteiger charge is 2.21. The van der Waals surface area contributed by atoms with Crippen molar-refractivity contribution in [2.45, 2.75) is 26.4 Å². The van der Waals surface area contributed by atoms with Gasteiger partial charge in [0.1, 0.15) is 17.9 Å². The van der Waals surface area contributed by atoms with Gasteiger partial charge in [0.25, 0.3) is 0 Å². The molecule has 9 nitrogen and oxygen atoms in total. The zero-order valence-electron chi connectivity index (χ0n) is 18.3. The number of hydrogen-bond acceptors (Lipinski definition) is 6. The molecule has 0 radical (unpaired) electrons. The van der Waals surface area contributed by atoms with Crippen molar-refractivity contribution in [1.29, 1.82) is 0 Å². The van der Waals surface area contributed by atoms with E-state index in [1.54, 1.807) is 39.1 Å². The van der Waals surface area contributed by atoms with Crippen LogP contribution < -0.4 is 10.1 Å². The van der Waals surface area contributed by atoms with Gasteiger partial charge in [-0.25, -0.2) is 18.1 Å². The van der Waals surface area contributed by atoms with E-state index < -0.39 is 29.2 Å². The van der Waals surface area contributed by atoms with E-state index in [-0.39, 0.29) is 18.2 Å². The van der Waals surface area contributed by atoms with E-state index in [9.17, 15) is 18.4 Å². The molecular formula is C21H23F2N5O4. The summed E-state index contributed by atoms with van der Waals surface area (Å²) in [6.07, 6.45) is 0.903. The van der Waals surface area contributed by atoms with Crippen LogP contribution in [-0.2, 0) is 9.53 Å². The number of anilines is 1. The maximum absolute atomic E-state index is 13.7. The molecule has 1 N–H and O–H groups in total. The Hall–Kier alpha value is -3.76. The average molecular weight is 447 g/mol. The summed E-state index contributed by atoms with van der Waals surface area (Å²) < 4.78 is 39.0. The van der Waals surface area contributed by atoms with E-state index >= 15 is 0 Å². The molecule has 2 amide bonds. The van der Waals surface area contributed by atoms with E-state index in [0.717, 1.165) is 17.0 Å². The van der Waals surface area contributed by atoms with Crippen molar-refractivity contribution < 1.29 is 27.8 Å². The summed E-state index contributed by atoms with van der Waals surface area (Å²) in [5.74, 6) is -2.38. The third kappa shape index (κ3) is 5.29. The van der Waals surface area contributed by atoms with Crippen molar-refractivity contribution >= 4 is 23.6 Å². The van der Waals surface area contributed by atoms with Crippen molar-refractivity contribution in [3.05, 3.63) is 42.1 Å². The second-order valence-corrected chi connectivity index (χ2v) is 8.01. The normalized spacial score (nSPS) is 11.3. The molecule has 0 spiro atoms. The van der Waals surface area contributed by atoms with Crippen LogP contribution >= 0.6 is 0 Å². The SMILES string of the molecule is COc1cc(F)c(F)cc1-c1ccc2nc(NC(=O)CN(C)C(=O)OC(C)(C)C)nn2c1. The number of aromatic nitrogens is 3. The summed E-state index contributed by atoms with van der Waals surface area (Å²) in [5, 5.41) is 6.69. The summed E-state index contributed by atoms with van der Waals surface area (Å²) in [7, 11) is 2.79. The number of methoxy groups -OCH3 is 1. The van der Waals surface area contributed by atoms with Gasteiger partial charge in [-0.05, 0) is 39.0 Å². The first kappa shape index (κ1) is 22.9. The lowest BCUT2D eigenvalue weighted by atomic mass is 10.1. The molecule has 0 aliphatic carbocycles. The predicted molar refractivity (Wildman–Crippen MR) is 112 cm³/mol. The van der Waals surface area contributed by atoms with Gasteiger partial charge in [-0.2, -0.15) is 4.98 Å². The molecule has 0 saturated heterocycles. The number of nitrogens with zero attached hydrogens (tertiary/aromatic N) is 4. The third-order valence-corrected chi connectivity index (χ3v) is 4.22. The van der Waals surface area contributed by atoms with Gasteiger partial charge in [0.05, 0.1) is 7.11 Å². The molecule has 1 aromatic carbocycles. The summed E-state index contributed by atoms with van der Waals surface area (Å²) in [5.41, 5.74) is 0.555. The highest BCUT2D eigenvalue weighted by atomic mass is 19.2. The van der Waals surface area contributed by atoms with Crippen LogP contribution in [0.4, 0.5) is 19.5 Å². The monoisotopic (exact) mass is 447 g/mol. The Morgan fingerprint density at radius 3 is 2.53 bits per heavy atom. The molecular weight excluding hydrogens is 424 g/mol.